The van der Waals surface area contributed by atoms with Gasteiger partial charge in [0.1, 0.15) is 48.2 Å². The standard InChI is InChI=1S/C47H52O11/c48-31-46(37-22-15-24-39(42(37)44(52)57-46)54-29-34-17-9-7-10-18-34)28-27-36(50)21-13-5-3-1-2-4-6-14-26-41(51)56-33-47(32-49)38-23-16-25-40(43(38)45(53)58-47)55-30-35-19-11-8-12-20-35/h7-12,15-20,22-25,48-49H,1-6,13-14,21,26-33H2/t46-,47+/m0/s1. The molecule has 306 valence electrons. The summed E-state index contributed by atoms with van der Waals surface area (Å²) in [4.78, 5) is 51.3. The number of hydrogen-bond acceptors (Lipinski definition) is 11. The maximum absolute atomic E-state index is 12.9. The number of ether oxygens (including phenoxy) is 5. The SMILES string of the molecule is O=C(CCCCCCCCCCC(=O)OC[C@@]1(CO)OC(=O)c2c(OCc3ccccc3)cccc21)CC[C@@]1(CO)OC(=O)c2c(OCc3ccccc3)cccc21. The van der Waals surface area contributed by atoms with Crippen molar-refractivity contribution in [2.45, 2.75) is 101 Å². The summed E-state index contributed by atoms with van der Waals surface area (Å²) in [5.74, 6) is -0.809. The highest BCUT2D eigenvalue weighted by Gasteiger charge is 2.49. The number of esters is 3. The number of unbranched alkanes of at least 4 members (excludes halogenated alkanes) is 7. The maximum Gasteiger partial charge on any atom is 0.343 e. The predicted molar refractivity (Wildman–Crippen MR) is 214 cm³/mol. The monoisotopic (exact) mass is 792 g/mol. The van der Waals surface area contributed by atoms with Crippen LogP contribution >= 0.6 is 0 Å². The van der Waals surface area contributed by atoms with Gasteiger partial charge in [0.15, 0.2) is 11.2 Å². The second kappa shape index (κ2) is 20.3. The van der Waals surface area contributed by atoms with Crippen molar-refractivity contribution >= 4 is 23.7 Å². The molecule has 0 bridgehead atoms. The van der Waals surface area contributed by atoms with E-state index in [0.717, 1.165) is 56.1 Å². The molecular formula is C47H52O11. The smallest absolute Gasteiger partial charge is 0.343 e. The van der Waals surface area contributed by atoms with Crippen LogP contribution in [0.4, 0.5) is 0 Å². The Morgan fingerprint density at radius 3 is 1.52 bits per heavy atom. The molecule has 2 N–H and O–H groups in total. The predicted octanol–water partition coefficient (Wildman–Crippen LogP) is 8.05. The first-order valence-electron chi connectivity index (χ1n) is 20.2. The van der Waals surface area contributed by atoms with E-state index in [-0.39, 0.29) is 50.4 Å². The largest absolute Gasteiger partial charge is 0.488 e. The molecule has 2 aliphatic heterocycles. The molecule has 11 nitrogen and oxygen atoms in total. The normalized spacial score (nSPS) is 17.9. The highest BCUT2D eigenvalue weighted by atomic mass is 16.6. The lowest BCUT2D eigenvalue weighted by atomic mass is 9.87. The minimum absolute atomic E-state index is 0.0681. The van der Waals surface area contributed by atoms with E-state index in [2.05, 4.69) is 0 Å². The average molecular weight is 793 g/mol. The Balaban J connectivity index is 0.834. The number of aliphatic hydroxyl groups excluding tert-OH is 2. The molecular weight excluding hydrogens is 741 g/mol. The van der Waals surface area contributed by atoms with Crippen molar-refractivity contribution in [2.24, 2.45) is 0 Å². The summed E-state index contributed by atoms with van der Waals surface area (Å²) in [6.45, 7) is -0.717. The van der Waals surface area contributed by atoms with Crippen molar-refractivity contribution in [3.05, 3.63) is 130 Å². The molecule has 0 aromatic heterocycles. The number of carbonyl (C=O) groups excluding carboxylic acids is 4. The number of benzene rings is 4. The number of hydrogen-bond donors (Lipinski definition) is 2. The molecule has 58 heavy (non-hydrogen) atoms. The second-order valence-corrected chi connectivity index (χ2v) is 15.0. The molecule has 11 heteroatoms. The Bertz CT molecular complexity index is 1870. The fourth-order valence-electron chi connectivity index (χ4n) is 7.56. The van der Waals surface area contributed by atoms with Crippen molar-refractivity contribution in [2.75, 3.05) is 19.8 Å². The van der Waals surface area contributed by atoms with E-state index in [0.29, 0.717) is 41.0 Å². The zero-order chi connectivity index (χ0) is 40.8. The summed E-state index contributed by atoms with van der Waals surface area (Å²) in [6.07, 6.45) is 8.23. The molecule has 0 saturated heterocycles. The van der Waals surface area contributed by atoms with Crippen LogP contribution in [-0.4, -0.2) is 53.7 Å². The third-order valence-corrected chi connectivity index (χ3v) is 10.9. The minimum atomic E-state index is -1.49. The van der Waals surface area contributed by atoms with Gasteiger partial charge < -0.3 is 33.9 Å². The van der Waals surface area contributed by atoms with Gasteiger partial charge >= 0.3 is 17.9 Å². The molecule has 0 aliphatic carbocycles. The van der Waals surface area contributed by atoms with Crippen molar-refractivity contribution in [1.82, 2.24) is 0 Å². The fourth-order valence-corrected chi connectivity index (χ4v) is 7.56. The molecule has 4 aromatic carbocycles. The van der Waals surface area contributed by atoms with Crippen molar-refractivity contribution in [3.63, 3.8) is 0 Å². The van der Waals surface area contributed by atoms with Crippen molar-refractivity contribution < 1.29 is 53.1 Å². The van der Waals surface area contributed by atoms with Gasteiger partial charge in [-0.25, -0.2) is 9.59 Å². The lowest BCUT2D eigenvalue weighted by molar-refractivity contribution is -0.154. The number of cyclic esters (lactones) is 2. The lowest BCUT2D eigenvalue weighted by Crippen LogP contribution is -2.37. The molecule has 2 heterocycles. The molecule has 6 rings (SSSR count). The van der Waals surface area contributed by atoms with Gasteiger partial charge in [0.25, 0.3) is 0 Å². The highest BCUT2D eigenvalue weighted by molar-refractivity contribution is 5.98. The van der Waals surface area contributed by atoms with E-state index in [1.165, 1.54) is 0 Å². The van der Waals surface area contributed by atoms with Gasteiger partial charge in [-0.3, -0.25) is 9.59 Å². The van der Waals surface area contributed by atoms with Crippen LogP contribution in [-0.2, 0) is 48.2 Å². The molecule has 0 saturated carbocycles. The molecule has 0 fully saturated rings. The number of Topliss-reactive ketones (excluding diaryl/α,β-unsaturated/α-hetero) is 1. The molecule has 0 spiro atoms. The Morgan fingerprint density at radius 1 is 0.534 bits per heavy atom. The number of carbonyl (C=O) groups is 4. The Hall–Kier alpha value is -5.52. The van der Waals surface area contributed by atoms with Crippen LogP contribution in [0.3, 0.4) is 0 Å². The van der Waals surface area contributed by atoms with E-state index in [4.69, 9.17) is 23.7 Å². The van der Waals surface area contributed by atoms with Gasteiger partial charge in [-0.15, -0.1) is 0 Å². The summed E-state index contributed by atoms with van der Waals surface area (Å²) in [5.41, 5.74) is 0.648. The van der Waals surface area contributed by atoms with Crippen LogP contribution in [0, 0.1) is 0 Å². The average Bonchev–Trinajstić information content (AvgIpc) is 3.72. The van der Waals surface area contributed by atoms with Gasteiger partial charge in [-0.05, 0) is 36.1 Å². The van der Waals surface area contributed by atoms with Crippen molar-refractivity contribution in [1.29, 1.82) is 0 Å². The van der Waals surface area contributed by atoms with Crippen LogP contribution in [0.5, 0.6) is 11.5 Å². The third-order valence-electron chi connectivity index (χ3n) is 10.9. The van der Waals surface area contributed by atoms with E-state index in [1.54, 1.807) is 36.4 Å². The Kier molecular flexibility index (Phi) is 14.7. The number of rotatable bonds is 24. The number of ketones is 1. The summed E-state index contributed by atoms with van der Waals surface area (Å²) >= 11 is 0. The zero-order valence-electron chi connectivity index (χ0n) is 32.8. The first kappa shape index (κ1) is 42.1. The first-order chi connectivity index (χ1) is 28.3. The van der Waals surface area contributed by atoms with Crippen LogP contribution < -0.4 is 9.47 Å². The van der Waals surface area contributed by atoms with E-state index < -0.39 is 42.3 Å². The van der Waals surface area contributed by atoms with Crippen LogP contribution in [0.2, 0.25) is 0 Å². The Labute approximate surface area is 339 Å². The van der Waals surface area contributed by atoms with E-state index in [1.807, 2.05) is 60.7 Å². The van der Waals surface area contributed by atoms with Gasteiger partial charge in [-0.2, -0.15) is 0 Å². The van der Waals surface area contributed by atoms with Gasteiger partial charge in [-0.1, -0.05) is 123 Å². The molecule has 2 atom stereocenters. The van der Waals surface area contributed by atoms with Gasteiger partial charge in [0.2, 0.25) is 0 Å². The Morgan fingerprint density at radius 2 is 1.00 bits per heavy atom. The third kappa shape index (κ3) is 10.3. The number of fused-ring (bicyclic) bond motifs is 2. The van der Waals surface area contributed by atoms with Gasteiger partial charge in [0.05, 0.1) is 13.2 Å². The highest BCUT2D eigenvalue weighted by Crippen LogP contribution is 2.44. The molecule has 4 aromatic rings. The summed E-state index contributed by atoms with van der Waals surface area (Å²) in [5, 5.41) is 20.6. The second-order valence-electron chi connectivity index (χ2n) is 15.0. The summed E-state index contributed by atoms with van der Waals surface area (Å²) in [7, 11) is 0. The summed E-state index contributed by atoms with van der Waals surface area (Å²) in [6, 6.07) is 29.5. The molecule has 0 amide bonds. The van der Waals surface area contributed by atoms with Crippen LogP contribution in [0.15, 0.2) is 97.1 Å². The van der Waals surface area contributed by atoms with E-state index >= 15 is 0 Å². The molecule has 0 unspecified atom stereocenters. The van der Waals surface area contributed by atoms with Crippen LogP contribution in [0.25, 0.3) is 0 Å². The quantitative estimate of drug-likeness (QED) is 0.0402. The minimum Gasteiger partial charge on any atom is -0.488 e. The molecule has 2 aliphatic rings. The lowest BCUT2D eigenvalue weighted by Gasteiger charge is -2.26. The van der Waals surface area contributed by atoms with Crippen molar-refractivity contribution in [3.8, 4) is 11.5 Å². The molecule has 0 radical (unpaired) electrons. The van der Waals surface area contributed by atoms with Gasteiger partial charge in [0, 0.05) is 36.8 Å². The zero-order valence-corrected chi connectivity index (χ0v) is 32.8. The maximum atomic E-state index is 12.9. The summed E-state index contributed by atoms with van der Waals surface area (Å²) < 4.78 is 28.7. The van der Waals surface area contributed by atoms with E-state index in [9.17, 15) is 29.4 Å². The first-order valence-corrected chi connectivity index (χ1v) is 20.2. The number of aliphatic hydroxyl groups is 2. The van der Waals surface area contributed by atoms with Crippen LogP contribution in [0.1, 0.15) is 120 Å². The topological polar surface area (TPSA) is 155 Å². The fraction of sp³-hybridized carbons (Fsp3) is 0.404.